The summed E-state index contributed by atoms with van der Waals surface area (Å²) >= 11 is 15.4. The molecule has 2 aromatic carbocycles. The number of halogens is 3. The number of hydrogen-bond acceptors (Lipinski definition) is 2. The number of nitrogens with two attached hydrogens (primary N) is 1. The Bertz CT molecular complexity index is 604. The Morgan fingerprint density at radius 2 is 1.68 bits per heavy atom. The van der Waals surface area contributed by atoms with Crippen LogP contribution in [0.3, 0.4) is 0 Å². The van der Waals surface area contributed by atoms with Crippen LogP contribution in [0.4, 0.5) is 0 Å². The molecule has 1 atom stereocenters. The average molecular weight is 361 g/mol. The molecular weight excluding hydrogens is 349 g/mol. The molecule has 0 spiro atoms. The summed E-state index contributed by atoms with van der Waals surface area (Å²) in [5, 5.41) is 1.20. The zero-order valence-corrected chi connectivity index (χ0v) is 13.3. The van der Waals surface area contributed by atoms with E-state index in [2.05, 4.69) is 15.9 Å². The van der Waals surface area contributed by atoms with Gasteiger partial charge in [0.15, 0.2) is 0 Å². The summed E-state index contributed by atoms with van der Waals surface area (Å²) in [5.74, 6) is 0.609. The molecule has 2 N–H and O–H groups in total. The van der Waals surface area contributed by atoms with Crippen LogP contribution in [0.5, 0.6) is 5.75 Å². The lowest BCUT2D eigenvalue weighted by molar-refractivity contribution is 0.414. The Hall–Kier alpha value is -0.740. The molecule has 1 unspecified atom stereocenters. The highest BCUT2D eigenvalue weighted by Gasteiger charge is 2.12. The SMILES string of the molecule is COc1cc(C(N)c2ccc(Br)c(Cl)c2)ccc1Cl. The first-order chi connectivity index (χ1) is 9.02. The number of hydrogen-bond donors (Lipinski definition) is 1. The van der Waals surface area contributed by atoms with Crippen LogP contribution in [0.15, 0.2) is 40.9 Å². The fourth-order valence-electron chi connectivity index (χ4n) is 1.77. The second kappa shape index (κ2) is 6.14. The molecule has 0 radical (unpaired) electrons. The van der Waals surface area contributed by atoms with E-state index in [0.717, 1.165) is 15.6 Å². The van der Waals surface area contributed by atoms with Gasteiger partial charge in [-0.25, -0.2) is 0 Å². The minimum Gasteiger partial charge on any atom is -0.495 e. The van der Waals surface area contributed by atoms with E-state index in [1.807, 2.05) is 30.3 Å². The largest absolute Gasteiger partial charge is 0.495 e. The minimum absolute atomic E-state index is 0.281. The topological polar surface area (TPSA) is 35.2 Å². The Labute approximate surface area is 130 Å². The van der Waals surface area contributed by atoms with E-state index in [1.54, 1.807) is 13.2 Å². The maximum atomic E-state index is 6.24. The molecule has 0 amide bonds. The molecule has 0 aliphatic heterocycles. The van der Waals surface area contributed by atoms with Gasteiger partial charge in [-0.15, -0.1) is 0 Å². The molecule has 2 rings (SSSR count). The summed E-state index contributed by atoms with van der Waals surface area (Å²) in [6.45, 7) is 0. The molecule has 100 valence electrons. The lowest BCUT2D eigenvalue weighted by Crippen LogP contribution is -2.12. The third-order valence-electron chi connectivity index (χ3n) is 2.84. The molecule has 0 aliphatic carbocycles. The maximum Gasteiger partial charge on any atom is 0.137 e. The molecule has 0 aliphatic rings. The average Bonchev–Trinajstić information content (AvgIpc) is 2.41. The monoisotopic (exact) mass is 359 g/mol. The van der Waals surface area contributed by atoms with Crippen molar-refractivity contribution in [2.45, 2.75) is 6.04 Å². The van der Waals surface area contributed by atoms with Crippen LogP contribution >= 0.6 is 39.1 Å². The fourth-order valence-corrected chi connectivity index (χ4v) is 2.40. The summed E-state index contributed by atoms with van der Waals surface area (Å²) in [7, 11) is 1.58. The van der Waals surface area contributed by atoms with Crippen LogP contribution in [-0.2, 0) is 0 Å². The predicted octanol–water partition coefficient (Wildman–Crippen LogP) is 4.81. The van der Waals surface area contributed by atoms with Gasteiger partial charge < -0.3 is 10.5 Å². The highest BCUT2D eigenvalue weighted by molar-refractivity contribution is 9.10. The summed E-state index contributed by atoms with van der Waals surface area (Å²) in [4.78, 5) is 0. The van der Waals surface area contributed by atoms with Crippen LogP contribution < -0.4 is 10.5 Å². The van der Waals surface area contributed by atoms with E-state index >= 15 is 0 Å². The first-order valence-corrected chi connectivity index (χ1v) is 7.11. The van der Waals surface area contributed by atoms with Crippen LogP contribution in [0, 0.1) is 0 Å². The third kappa shape index (κ3) is 3.23. The quantitative estimate of drug-likeness (QED) is 0.852. The van der Waals surface area contributed by atoms with Gasteiger partial charge in [-0.1, -0.05) is 35.3 Å². The van der Waals surface area contributed by atoms with Gasteiger partial charge in [0.2, 0.25) is 0 Å². The first kappa shape index (κ1) is 14.7. The van der Waals surface area contributed by atoms with Crippen LogP contribution in [0.25, 0.3) is 0 Å². The molecule has 0 heterocycles. The van der Waals surface area contributed by atoms with Crippen molar-refractivity contribution < 1.29 is 4.74 Å². The van der Waals surface area contributed by atoms with Gasteiger partial charge in [0.25, 0.3) is 0 Å². The summed E-state index contributed by atoms with van der Waals surface area (Å²) < 4.78 is 6.04. The van der Waals surface area contributed by atoms with Crippen LogP contribution in [0.1, 0.15) is 17.2 Å². The van der Waals surface area contributed by atoms with Crippen LogP contribution in [-0.4, -0.2) is 7.11 Å². The number of methoxy groups -OCH3 is 1. The number of rotatable bonds is 3. The van der Waals surface area contributed by atoms with Crippen molar-refractivity contribution in [2.24, 2.45) is 5.73 Å². The standard InChI is InChI=1S/C14H12BrCl2NO/c1-19-13-7-9(3-5-11(13)16)14(18)8-2-4-10(15)12(17)6-8/h2-7,14H,18H2,1H3. The summed E-state index contributed by atoms with van der Waals surface area (Å²) in [6.07, 6.45) is 0. The molecule has 5 heteroatoms. The Kier molecular flexibility index (Phi) is 4.74. The maximum absolute atomic E-state index is 6.24. The van der Waals surface area contributed by atoms with Gasteiger partial charge >= 0.3 is 0 Å². The number of ether oxygens (including phenoxy) is 1. The van der Waals surface area contributed by atoms with Crippen molar-refractivity contribution >= 4 is 39.1 Å². The van der Waals surface area contributed by atoms with Gasteiger partial charge in [-0.05, 0) is 51.3 Å². The molecule has 0 fully saturated rings. The van der Waals surface area contributed by atoms with E-state index < -0.39 is 0 Å². The second-order valence-corrected chi connectivity index (χ2v) is 5.71. The van der Waals surface area contributed by atoms with E-state index in [9.17, 15) is 0 Å². The molecule has 0 saturated carbocycles. The minimum atomic E-state index is -0.281. The van der Waals surface area contributed by atoms with Gasteiger partial charge in [0.1, 0.15) is 5.75 Å². The van der Waals surface area contributed by atoms with Gasteiger partial charge in [-0.2, -0.15) is 0 Å². The van der Waals surface area contributed by atoms with Crippen LogP contribution in [0.2, 0.25) is 10.0 Å². The van der Waals surface area contributed by atoms with E-state index in [-0.39, 0.29) is 6.04 Å². The smallest absolute Gasteiger partial charge is 0.137 e. The summed E-state index contributed by atoms with van der Waals surface area (Å²) in [5.41, 5.74) is 8.08. The normalized spacial score (nSPS) is 12.3. The lowest BCUT2D eigenvalue weighted by atomic mass is 9.99. The highest BCUT2D eigenvalue weighted by Crippen LogP contribution is 2.31. The van der Waals surface area contributed by atoms with Crippen molar-refractivity contribution in [2.75, 3.05) is 7.11 Å². The van der Waals surface area contributed by atoms with Crippen molar-refractivity contribution in [3.05, 3.63) is 62.0 Å². The molecule has 0 aromatic heterocycles. The molecule has 0 saturated heterocycles. The molecule has 2 aromatic rings. The van der Waals surface area contributed by atoms with Gasteiger partial charge in [0.05, 0.1) is 23.2 Å². The van der Waals surface area contributed by atoms with Crippen molar-refractivity contribution in [1.29, 1.82) is 0 Å². The Morgan fingerprint density at radius 1 is 1.05 bits per heavy atom. The molecule has 2 nitrogen and oxygen atoms in total. The fraction of sp³-hybridized carbons (Fsp3) is 0.143. The van der Waals surface area contributed by atoms with E-state index in [1.165, 1.54) is 0 Å². The Morgan fingerprint density at radius 3 is 2.32 bits per heavy atom. The third-order valence-corrected chi connectivity index (χ3v) is 4.38. The predicted molar refractivity (Wildman–Crippen MR) is 83.2 cm³/mol. The number of benzene rings is 2. The van der Waals surface area contributed by atoms with Crippen molar-refractivity contribution in [3.8, 4) is 5.75 Å². The zero-order valence-electron chi connectivity index (χ0n) is 10.2. The van der Waals surface area contributed by atoms with E-state index in [4.69, 9.17) is 33.7 Å². The lowest BCUT2D eigenvalue weighted by Gasteiger charge is -2.15. The molecule has 0 bridgehead atoms. The molecular formula is C14H12BrCl2NO. The molecule has 19 heavy (non-hydrogen) atoms. The Balaban J connectivity index is 2.37. The van der Waals surface area contributed by atoms with Gasteiger partial charge in [-0.3, -0.25) is 0 Å². The zero-order chi connectivity index (χ0) is 14.0. The second-order valence-electron chi connectivity index (χ2n) is 4.05. The van der Waals surface area contributed by atoms with Crippen molar-refractivity contribution in [3.63, 3.8) is 0 Å². The summed E-state index contributed by atoms with van der Waals surface area (Å²) in [6, 6.07) is 10.9. The van der Waals surface area contributed by atoms with Gasteiger partial charge in [0, 0.05) is 4.47 Å². The first-order valence-electron chi connectivity index (χ1n) is 5.57. The van der Waals surface area contributed by atoms with Crippen molar-refractivity contribution in [1.82, 2.24) is 0 Å². The van der Waals surface area contributed by atoms with E-state index in [0.29, 0.717) is 15.8 Å². The highest BCUT2D eigenvalue weighted by atomic mass is 79.9.